The Morgan fingerprint density at radius 1 is 1.32 bits per heavy atom. The second-order valence-electron chi connectivity index (χ2n) is 5.98. The highest BCUT2D eigenvalue weighted by Crippen LogP contribution is 2.18. The molecule has 0 aliphatic carbocycles. The van der Waals surface area contributed by atoms with Gasteiger partial charge in [0.15, 0.2) is 5.96 Å². The number of rotatable bonds is 4. The van der Waals surface area contributed by atoms with Crippen LogP contribution in [0, 0.1) is 5.92 Å². The SMILES string of the molecule is CC(C)CN1CCC[C@@H]1CN=C(N)N1CCOCC1. The standard InChI is InChI=1S/C14H28N4O/c1-12(2)11-18-5-3-4-13(18)10-16-14(15)17-6-8-19-9-7-17/h12-13H,3-11H2,1-2H3,(H2,15,16)/t13-/m1/s1. The third-order valence-electron chi connectivity index (χ3n) is 3.90. The van der Waals surface area contributed by atoms with Gasteiger partial charge in [0.05, 0.1) is 19.8 Å². The lowest BCUT2D eigenvalue weighted by molar-refractivity contribution is 0.0673. The Balaban J connectivity index is 1.82. The molecule has 0 unspecified atom stereocenters. The summed E-state index contributed by atoms with van der Waals surface area (Å²) in [6.45, 7) is 11.1. The zero-order chi connectivity index (χ0) is 13.7. The van der Waals surface area contributed by atoms with Crippen molar-refractivity contribution in [3.8, 4) is 0 Å². The van der Waals surface area contributed by atoms with Crippen molar-refractivity contribution in [1.82, 2.24) is 9.80 Å². The van der Waals surface area contributed by atoms with E-state index in [0.717, 1.165) is 38.8 Å². The number of aliphatic imine (C=N–C) groups is 1. The summed E-state index contributed by atoms with van der Waals surface area (Å²) in [7, 11) is 0. The van der Waals surface area contributed by atoms with Crippen LogP contribution in [0.3, 0.4) is 0 Å². The number of morpholine rings is 1. The van der Waals surface area contributed by atoms with Crippen LogP contribution in [0.2, 0.25) is 0 Å². The predicted molar refractivity (Wildman–Crippen MR) is 78.3 cm³/mol. The van der Waals surface area contributed by atoms with Crippen LogP contribution in [0.4, 0.5) is 0 Å². The molecule has 2 aliphatic rings. The van der Waals surface area contributed by atoms with Gasteiger partial charge in [0, 0.05) is 25.7 Å². The zero-order valence-corrected chi connectivity index (χ0v) is 12.3. The minimum atomic E-state index is 0.585. The first-order valence-electron chi connectivity index (χ1n) is 7.53. The number of hydrogen-bond acceptors (Lipinski definition) is 3. The summed E-state index contributed by atoms with van der Waals surface area (Å²) in [6, 6.07) is 0.585. The van der Waals surface area contributed by atoms with Crippen LogP contribution in [0.5, 0.6) is 0 Å². The van der Waals surface area contributed by atoms with Crippen LogP contribution in [0.25, 0.3) is 0 Å². The molecule has 2 rings (SSSR count). The molecule has 2 aliphatic heterocycles. The molecule has 0 aromatic rings. The highest BCUT2D eigenvalue weighted by Gasteiger charge is 2.24. The van der Waals surface area contributed by atoms with E-state index in [2.05, 4.69) is 28.6 Å². The van der Waals surface area contributed by atoms with E-state index in [1.54, 1.807) is 0 Å². The van der Waals surface area contributed by atoms with Gasteiger partial charge in [0.1, 0.15) is 0 Å². The lowest BCUT2D eigenvalue weighted by Gasteiger charge is -2.29. The van der Waals surface area contributed by atoms with Crippen molar-refractivity contribution in [3.63, 3.8) is 0 Å². The van der Waals surface area contributed by atoms with Crippen LogP contribution in [0.1, 0.15) is 26.7 Å². The Hall–Kier alpha value is -0.810. The van der Waals surface area contributed by atoms with E-state index in [1.807, 2.05) is 0 Å². The lowest BCUT2D eigenvalue weighted by atomic mass is 10.2. The van der Waals surface area contributed by atoms with Gasteiger partial charge in [-0.3, -0.25) is 9.89 Å². The molecule has 0 aromatic carbocycles. The highest BCUT2D eigenvalue weighted by molar-refractivity contribution is 5.78. The molecule has 0 aromatic heterocycles. The predicted octanol–water partition coefficient (Wildman–Crippen LogP) is 0.754. The second-order valence-corrected chi connectivity index (χ2v) is 5.98. The molecule has 110 valence electrons. The third kappa shape index (κ3) is 4.35. The average molecular weight is 268 g/mol. The summed E-state index contributed by atoms with van der Waals surface area (Å²) >= 11 is 0. The molecule has 19 heavy (non-hydrogen) atoms. The van der Waals surface area contributed by atoms with E-state index in [9.17, 15) is 0 Å². The monoisotopic (exact) mass is 268 g/mol. The third-order valence-corrected chi connectivity index (χ3v) is 3.90. The fourth-order valence-corrected chi connectivity index (χ4v) is 2.90. The van der Waals surface area contributed by atoms with Gasteiger partial charge in [-0.15, -0.1) is 0 Å². The molecule has 2 N–H and O–H groups in total. The van der Waals surface area contributed by atoms with Gasteiger partial charge in [-0.05, 0) is 25.3 Å². The number of nitrogens with zero attached hydrogens (tertiary/aromatic N) is 3. The van der Waals surface area contributed by atoms with Crippen molar-refractivity contribution in [2.45, 2.75) is 32.7 Å². The van der Waals surface area contributed by atoms with Crippen molar-refractivity contribution in [2.75, 3.05) is 45.9 Å². The Kier molecular flexibility index (Phi) is 5.45. The van der Waals surface area contributed by atoms with Gasteiger partial charge in [0.25, 0.3) is 0 Å². The normalized spacial score (nSPS) is 26.4. The van der Waals surface area contributed by atoms with Crippen LogP contribution in [0.15, 0.2) is 4.99 Å². The van der Waals surface area contributed by atoms with Gasteiger partial charge in [0.2, 0.25) is 0 Å². The summed E-state index contributed by atoms with van der Waals surface area (Å²) in [5.41, 5.74) is 6.08. The quantitative estimate of drug-likeness (QED) is 0.604. The highest BCUT2D eigenvalue weighted by atomic mass is 16.5. The summed E-state index contributed by atoms with van der Waals surface area (Å²) in [5.74, 6) is 1.42. The molecule has 1 atom stereocenters. The molecule has 0 bridgehead atoms. The molecule has 0 radical (unpaired) electrons. The van der Waals surface area contributed by atoms with E-state index in [-0.39, 0.29) is 0 Å². The fraction of sp³-hybridized carbons (Fsp3) is 0.929. The lowest BCUT2D eigenvalue weighted by Crippen LogP contribution is -2.45. The topological polar surface area (TPSA) is 54.1 Å². The van der Waals surface area contributed by atoms with E-state index in [1.165, 1.54) is 25.9 Å². The van der Waals surface area contributed by atoms with Crippen LogP contribution in [-0.4, -0.2) is 67.7 Å². The molecular formula is C14H28N4O. The Morgan fingerprint density at radius 3 is 2.74 bits per heavy atom. The van der Waals surface area contributed by atoms with Gasteiger partial charge < -0.3 is 15.4 Å². The molecule has 0 amide bonds. The molecule has 2 heterocycles. The molecule has 0 spiro atoms. The summed E-state index contributed by atoms with van der Waals surface area (Å²) < 4.78 is 5.33. The van der Waals surface area contributed by atoms with E-state index >= 15 is 0 Å². The first-order valence-corrected chi connectivity index (χ1v) is 7.53. The molecular weight excluding hydrogens is 240 g/mol. The summed E-state index contributed by atoms with van der Waals surface area (Å²) in [6.07, 6.45) is 2.55. The van der Waals surface area contributed by atoms with Crippen LogP contribution < -0.4 is 5.73 Å². The average Bonchev–Trinajstić information content (AvgIpc) is 2.83. The minimum absolute atomic E-state index is 0.585. The number of likely N-dealkylation sites (tertiary alicyclic amines) is 1. The fourth-order valence-electron chi connectivity index (χ4n) is 2.90. The van der Waals surface area contributed by atoms with Crippen LogP contribution >= 0.6 is 0 Å². The summed E-state index contributed by atoms with van der Waals surface area (Å²) in [4.78, 5) is 9.31. The number of nitrogens with two attached hydrogens (primary N) is 1. The molecule has 5 nitrogen and oxygen atoms in total. The van der Waals surface area contributed by atoms with Crippen molar-refractivity contribution in [2.24, 2.45) is 16.6 Å². The maximum Gasteiger partial charge on any atom is 0.191 e. The smallest absolute Gasteiger partial charge is 0.191 e. The van der Waals surface area contributed by atoms with E-state index in [0.29, 0.717) is 12.0 Å². The minimum Gasteiger partial charge on any atom is -0.378 e. The van der Waals surface area contributed by atoms with E-state index < -0.39 is 0 Å². The van der Waals surface area contributed by atoms with Crippen molar-refractivity contribution in [3.05, 3.63) is 0 Å². The number of guanidine groups is 1. The number of hydrogen-bond donors (Lipinski definition) is 1. The van der Waals surface area contributed by atoms with Crippen LogP contribution in [-0.2, 0) is 4.74 Å². The van der Waals surface area contributed by atoms with Gasteiger partial charge in [-0.1, -0.05) is 13.8 Å². The zero-order valence-electron chi connectivity index (χ0n) is 12.3. The first-order chi connectivity index (χ1) is 9.16. The second kappa shape index (κ2) is 7.10. The van der Waals surface area contributed by atoms with Gasteiger partial charge in [-0.2, -0.15) is 0 Å². The Labute approximate surface area is 116 Å². The van der Waals surface area contributed by atoms with Crippen molar-refractivity contribution in [1.29, 1.82) is 0 Å². The Morgan fingerprint density at radius 2 is 2.05 bits per heavy atom. The summed E-state index contributed by atoms with van der Waals surface area (Å²) in [5, 5.41) is 0. The maximum atomic E-state index is 6.08. The molecule has 2 saturated heterocycles. The number of ether oxygens (including phenoxy) is 1. The molecule has 2 fully saturated rings. The van der Waals surface area contributed by atoms with E-state index in [4.69, 9.17) is 10.5 Å². The van der Waals surface area contributed by atoms with Gasteiger partial charge in [-0.25, -0.2) is 0 Å². The van der Waals surface area contributed by atoms with Crippen molar-refractivity contribution >= 4 is 5.96 Å². The van der Waals surface area contributed by atoms with Gasteiger partial charge >= 0.3 is 0 Å². The molecule has 5 heteroatoms. The molecule has 0 saturated carbocycles. The van der Waals surface area contributed by atoms with Crippen molar-refractivity contribution < 1.29 is 4.74 Å². The largest absolute Gasteiger partial charge is 0.378 e. The first kappa shape index (κ1) is 14.6. The maximum absolute atomic E-state index is 6.08. The Bertz CT molecular complexity index is 300.